The third-order valence-corrected chi connectivity index (χ3v) is 14.0. The van der Waals surface area contributed by atoms with Crippen molar-refractivity contribution in [2.45, 2.75) is 105 Å². The van der Waals surface area contributed by atoms with Crippen molar-refractivity contribution >= 4 is 23.6 Å². The quantitative estimate of drug-likeness (QED) is 0.336. The van der Waals surface area contributed by atoms with Crippen molar-refractivity contribution in [3.05, 3.63) is 47.0 Å². The number of carbonyl (C=O) groups excluding carboxylic acids is 2. The highest BCUT2D eigenvalue weighted by atomic mass is 16.4. The molecule has 4 fully saturated rings. The maximum Gasteiger partial charge on any atom is 0.336 e. The van der Waals surface area contributed by atoms with E-state index < -0.39 is 17.4 Å². The van der Waals surface area contributed by atoms with Gasteiger partial charge in [0.25, 0.3) is 5.91 Å². The summed E-state index contributed by atoms with van der Waals surface area (Å²) in [7, 11) is 0. The van der Waals surface area contributed by atoms with Gasteiger partial charge in [0, 0.05) is 12.0 Å². The molecule has 0 aliphatic heterocycles. The number of hydrogen-bond donors (Lipinski definition) is 3. The second-order valence-electron chi connectivity index (χ2n) is 16.7. The summed E-state index contributed by atoms with van der Waals surface area (Å²) in [6.45, 7) is 13.3. The number of allylic oxidation sites excluding steroid dienone is 2. The van der Waals surface area contributed by atoms with E-state index in [9.17, 15) is 29.4 Å². The fourth-order valence-corrected chi connectivity index (χ4v) is 11.5. The average molecular weight is 604 g/mol. The molecule has 0 saturated heterocycles. The maximum absolute atomic E-state index is 14.5. The summed E-state index contributed by atoms with van der Waals surface area (Å²) < 4.78 is 0. The number of benzene rings is 1. The van der Waals surface area contributed by atoms with Gasteiger partial charge in [-0.2, -0.15) is 0 Å². The molecule has 0 heterocycles. The Balaban J connectivity index is 1.30. The molecule has 7 nitrogen and oxygen atoms in total. The lowest BCUT2D eigenvalue weighted by Gasteiger charge is -2.67. The van der Waals surface area contributed by atoms with E-state index in [4.69, 9.17) is 0 Å². The van der Waals surface area contributed by atoms with Gasteiger partial charge in [0.2, 0.25) is 0 Å². The zero-order valence-corrected chi connectivity index (χ0v) is 27.2. The fraction of sp³-hybridized carbons (Fsp3) is 0.676. The van der Waals surface area contributed by atoms with Crippen molar-refractivity contribution in [3.63, 3.8) is 0 Å². The van der Waals surface area contributed by atoms with Crippen LogP contribution in [0.15, 0.2) is 35.9 Å². The van der Waals surface area contributed by atoms with Gasteiger partial charge in [-0.1, -0.05) is 52.3 Å². The number of hydrogen-bond acceptors (Lipinski definition) is 4. The van der Waals surface area contributed by atoms with Crippen molar-refractivity contribution in [2.24, 2.45) is 50.7 Å². The van der Waals surface area contributed by atoms with E-state index in [0.29, 0.717) is 12.8 Å². The molecule has 44 heavy (non-hydrogen) atoms. The lowest BCUT2D eigenvalue weighted by Crippen LogP contribution is -2.65. The van der Waals surface area contributed by atoms with Crippen LogP contribution in [-0.4, -0.2) is 39.9 Å². The number of fused-ring (bicyclic) bond motifs is 7. The molecule has 3 N–H and O–H groups in total. The molecule has 5 unspecified atom stereocenters. The molecule has 0 bridgehead atoms. The van der Waals surface area contributed by atoms with E-state index in [1.54, 1.807) is 18.2 Å². The molecule has 1 amide bonds. The Bertz CT molecular complexity index is 1460. The molecule has 9 atom stereocenters. The SMILES string of the molecule is CC1(C)C(NC(=O)c2ccccc2C(=O)O)CC[C@@]2(C)C1CC[C@@]1(C)C3CC[C@@]4(C)CC[C@](C)(C(=O)O)CC4C3=CC(=O)C12. The molecule has 0 spiro atoms. The normalized spacial score (nSPS) is 42.5. The van der Waals surface area contributed by atoms with Gasteiger partial charge in [-0.15, -0.1) is 0 Å². The second kappa shape index (κ2) is 10.0. The van der Waals surface area contributed by atoms with Crippen LogP contribution in [0.4, 0.5) is 0 Å². The van der Waals surface area contributed by atoms with Crippen molar-refractivity contribution in [2.75, 3.05) is 0 Å². The van der Waals surface area contributed by atoms with E-state index in [2.05, 4.69) is 39.9 Å². The predicted octanol–water partition coefficient (Wildman–Crippen LogP) is 7.16. The molecule has 238 valence electrons. The van der Waals surface area contributed by atoms with E-state index in [1.807, 2.05) is 13.0 Å². The minimum Gasteiger partial charge on any atom is -0.481 e. The highest BCUT2D eigenvalue weighted by Gasteiger charge is 2.67. The Hall–Kier alpha value is -2.96. The summed E-state index contributed by atoms with van der Waals surface area (Å²) >= 11 is 0. The van der Waals surface area contributed by atoms with Gasteiger partial charge >= 0.3 is 11.9 Å². The van der Waals surface area contributed by atoms with Crippen LogP contribution in [0.1, 0.15) is 120 Å². The topological polar surface area (TPSA) is 121 Å². The van der Waals surface area contributed by atoms with Gasteiger partial charge in [-0.05, 0) is 122 Å². The molecule has 5 aliphatic rings. The fourth-order valence-electron chi connectivity index (χ4n) is 11.5. The van der Waals surface area contributed by atoms with Gasteiger partial charge < -0.3 is 15.5 Å². The number of aromatic carboxylic acids is 1. The smallest absolute Gasteiger partial charge is 0.336 e. The van der Waals surface area contributed by atoms with Crippen molar-refractivity contribution in [1.82, 2.24) is 5.32 Å². The molecule has 1 aromatic carbocycles. The monoisotopic (exact) mass is 603 g/mol. The van der Waals surface area contributed by atoms with Gasteiger partial charge in [-0.25, -0.2) is 4.79 Å². The Morgan fingerprint density at radius 1 is 0.795 bits per heavy atom. The Kier molecular flexibility index (Phi) is 7.07. The summed E-state index contributed by atoms with van der Waals surface area (Å²) in [5.74, 6) is -1.50. The molecular formula is C37H49NO6. The summed E-state index contributed by atoms with van der Waals surface area (Å²) in [5.41, 5.74) is -0.0347. The number of nitrogens with one attached hydrogen (secondary N) is 1. The van der Waals surface area contributed by atoms with Crippen LogP contribution < -0.4 is 5.32 Å². The average Bonchev–Trinajstić information content (AvgIpc) is 2.94. The Labute approximate surface area is 261 Å². The van der Waals surface area contributed by atoms with Crippen molar-refractivity contribution in [3.8, 4) is 0 Å². The van der Waals surface area contributed by atoms with Crippen LogP contribution in [0.3, 0.4) is 0 Å². The number of carboxylic acid groups (broad SMARTS) is 2. The van der Waals surface area contributed by atoms with Gasteiger partial charge in [0.1, 0.15) is 0 Å². The van der Waals surface area contributed by atoms with Crippen LogP contribution in [-0.2, 0) is 9.59 Å². The van der Waals surface area contributed by atoms with E-state index >= 15 is 0 Å². The minimum absolute atomic E-state index is 0.00232. The first-order valence-electron chi connectivity index (χ1n) is 16.6. The number of carboxylic acids is 2. The first-order chi connectivity index (χ1) is 20.5. The highest BCUT2D eigenvalue weighted by molar-refractivity contribution is 6.04. The molecule has 5 aliphatic carbocycles. The minimum atomic E-state index is -1.12. The Morgan fingerprint density at radius 3 is 2.11 bits per heavy atom. The Morgan fingerprint density at radius 2 is 1.45 bits per heavy atom. The van der Waals surface area contributed by atoms with Crippen LogP contribution >= 0.6 is 0 Å². The zero-order valence-electron chi connectivity index (χ0n) is 27.2. The predicted molar refractivity (Wildman–Crippen MR) is 167 cm³/mol. The second-order valence-corrected chi connectivity index (χ2v) is 16.7. The number of ketones is 1. The van der Waals surface area contributed by atoms with Crippen LogP contribution in [0, 0.1) is 50.7 Å². The van der Waals surface area contributed by atoms with Gasteiger partial charge in [0.15, 0.2) is 5.78 Å². The maximum atomic E-state index is 14.5. The van der Waals surface area contributed by atoms with Crippen molar-refractivity contribution in [1.29, 1.82) is 0 Å². The lowest BCUT2D eigenvalue weighted by molar-refractivity contribution is -0.173. The summed E-state index contributed by atoms with van der Waals surface area (Å²) in [6, 6.07) is 6.20. The molecule has 1 aromatic rings. The van der Waals surface area contributed by atoms with E-state index in [-0.39, 0.29) is 74.2 Å². The molecular weight excluding hydrogens is 554 g/mol. The van der Waals surface area contributed by atoms with E-state index in [1.165, 1.54) is 11.6 Å². The first-order valence-corrected chi connectivity index (χ1v) is 16.6. The van der Waals surface area contributed by atoms with Gasteiger partial charge in [-0.3, -0.25) is 14.4 Å². The summed E-state index contributed by atoms with van der Waals surface area (Å²) in [5, 5.41) is 23.0. The molecule has 0 aromatic heterocycles. The third kappa shape index (κ3) is 4.34. The van der Waals surface area contributed by atoms with Crippen LogP contribution in [0.25, 0.3) is 0 Å². The molecule has 0 radical (unpaired) electrons. The first kappa shape index (κ1) is 31.0. The van der Waals surface area contributed by atoms with Crippen molar-refractivity contribution < 1.29 is 29.4 Å². The highest BCUT2D eigenvalue weighted by Crippen LogP contribution is 2.71. The third-order valence-electron chi connectivity index (χ3n) is 14.0. The number of aliphatic carboxylic acids is 1. The summed E-state index contributed by atoms with van der Waals surface area (Å²) in [6.07, 6.45) is 9.70. The van der Waals surface area contributed by atoms with E-state index in [0.717, 1.165) is 44.9 Å². The molecule has 4 saturated carbocycles. The van der Waals surface area contributed by atoms with Crippen LogP contribution in [0.2, 0.25) is 0 Å². The molecule has 6 rings (SSSR count). The number of amides is 1. The summed E-state index contributed by atoms with van der Waals surface area (Å²) in [4.78, 5) is 52.0. The lowest BCUT2D eigenvalue weighted by atomic mass is 9.36. The standard InChI is InChI=1S/C37H49NO6/c1-33(2)27-12-15-36(5)24-11-14-34(3)17-18-35(4,32(43)44)20-25(34)23(24)19-26(39)29(36)37(27,6)16-13-28(33)38-30(40)21-9-7-8-10-22(21)31(41)42/h7-10,19,24-25,27-29H,11-18,20H2,1-6H3,(H,38,40)(H,41,42)(H,43,44)/t24?,25?,27?,28?,29?,34-,35-,36-,37-/m0/s1. The van der Waals surface area contributed by atoms with Crippen LogP contribution in [0.5, 0.6) is 0 Å². The van der Waals surface area contributed by atoms with Gasteiger partial charge in [0.05, 0.1) is 16.5 Å². The zero-order chi connectivity index (χ0) is 32.0. The number of rotatable bonds is 4. The number of carbonyl (C=O) groups is 4. The largest absolute Gasteiger partial charge is 0.481 e. The molecule has 7 heteroatoms.